The Balaban J connectivity index is 1.41. The van der Waals surface area contributed by atoms with E-state index in [2.05, 4.69) is 26.9 Å². The van der Waals surface area contributed by atoms with Crippen molar-refractivity contribution in [2.24, 2.45) is 5.73 Å². The normalized spacial score (nSPS) is 17.9. The summed E-state index contributed by atoms with van der Waals surface area (Å²) in [6.07, 6.45) is 6.45. The molecule has 0 spiro atoms. The zero-order valence-corrected chi connectivity index (χ0v) is 22.1. The fourth-order valence-corrected chi connectivity index (χ4v) is 5.84. The summed E-state index contributed by atoms with van der Waals surface area (Å²) in [4.78, 5) is 18.0. The van der Waals surface area contributed by atoms with E-state index in [1.807, 2.05) is 6.07 Å². The summed E-state index contributed by atoms with van der Waals surface area (Å²) in [7, 11) is -4.13. The van der Waals surface area contributed by atoms with Gasteiger partial charge in [0.1, 0.15) is 22.0 Å². The van der Waals surface area contributed by atoms with Crippen molar-refractivity contribution >= 4 is 32.8 Å². The van der Waals surface area contributed by atoms with Crippen molar-refractivity contribution in [1.82, 2.24) is 19.9 Å². The van der Waals surface area contributed by atoms with Crippen molar-refractivity contribution in [2.45, 2.75) is 62.9 Å². The van der Waals surface area contributed by atoms with E-state index in [9.17, 15) is 12.8 Å². The molecule has 0 bridgehead atoms. The van der Waals surface area contributed by atoms with Gasteiger partial charge in [-0.2, -0.15) is 0 Å². The number of halogens is 1. The fraction of sp³-hybridized carbons (Fsp3) is 0.333. The highest BCUT2D eigenvalue weighted by Crippen LogP contribution is 2.28. The summed E-state index contributed by atoms with van der Waals surface area (Å²) in [6, 6.07) is 11.1. The van der Waals surface area contributed by atoms with Crippen LogP contribution >= 0.6 is 0 Å². The van der Waals surface area contributed by atoms with Crippen molar-refractivity contribution in [3.05, 3.63) is 65.7 Å². The summed E-state index contributed by atoms with van der Waals surface area (Å²) in [5.74, 6) is -0.149. The Hall–Kier alpha value is -3.70. The van der Waals surface area contributed by atoms with E-state index in [-0.39, 0.29) is 11.9 Å². The molecule has 1 fully saturated rings. The topological polar surface area (TPSA) is 136 Å². The molecule has 4 N–H and O–H groups in total. The van der Waals surface area contributed by atoms with E-state index in [1.165, 1.54) is 24.3 Å². The van der Waals surface area contributed by atoms with Gasteiger partial charge in [-0.25, -0.2) is 32.7 Å². The second-order valence-electron chi connectivity index (χ2n) is 9.57. The third kappa shape index (κ3) is 5.44. The zero-order chi connectivity index (χ0) is 26.9. The SMILES string of the molecule is CCc1cc(-c2ccc(NS(=O)(=O)c3ccccc3F)nc2C)nc2cnc(N[C@H]3CC[C@H](N)CC3)nc12. The summed E-state index contributed by atoms with van der Waals surface area (Å²) in [5.41, 5.74) is 10.5. The van der Waals surface area contributed by atoms with Crippen LogP contribution < -0.4 is 15.8 Å². The molecule has 1 aromatic carbocycles. The maximum Gasteiger partial charge on any atom is 0.265 e. The van der Waals surface area contributed by atoms with Crippen molar-refractivity contribution in [3.8, 4) is 11.3 Å². The average molecular weight is 536 g/mol. The van der Waals surface area contributed by atoms with Crippen LogP contribution in [0.4, 0.5) is 16.2 Å². The highest BCUT2D eigenvalue weighted by atomic mass is 32.2. The molecule has 198 valence electrons. The van der Waals surface area contributed by atoms with Crippen molar-refractivity contribution in [1.29, 1.82) is 0 Å². The lowest BCUT2D eigenvalue weighted by atomic mass is 9.92. The largest absolute Gasteiger partial charge is 0.351 e. The van der Waals surface area contributed by atoms with Gasteiger partial charge >= 0.3 is 0 Å². The van der Waals surface area contributed by atoms with E-state index >= 15 is 0 Å². The first kappa shape index (κ1) is 25.9. The van der Waals surface area contributed by atoms with Gasteiger partial charge in [-0.1, -0.05) is 19.1 Å². The van der Waals surface area contributed by atoms with Gasteiger partial charge in [0, 0.05) is 23.3 Å². The van der Waals surface area contributed by atoms with E-state index in [0.29, 0.717) is 28.9 Å². The summed E-state index contributed by atoms with van der Waals surface area (Å²) < 4.78 is 41.7. The molecule has 0 saturated heterocycles. The van der Waals surface area contributed by atoms with Crippen LogP contribution in [-0.2, 0) is 16.4 Å². The van der Waals surface area contributed by atoms with Crippen LogP contribution in [0.25, 0.3) is 22.3 Å². The van der Waals surface area contributed by atoms with E-state index in [0.717, 1.165) is 54.8 Å². The zero-order valence-electron chi connectivity index (χ0n) is 21.3. The standard InChI is InChI=1S/C27H30FN7O2S/c1-3-17-14-22(33-23-15-30-27(34-26(17)23)32-19-10-8-18(29)9-11-19)20-12-13-25(31-16(20)2)35-38(36,37)24-7-5-4-6-21(24)28/h4-7,12-15,18-19H,3,8-11,29H2,1-2H3,(H,31,35)(H,30,32,34)/t18-,19-. The van der Waals surface area contributed by atoms with Crippen LogP contribution in [-0.4, -0.2) is 40.4 Å². The number of anilines is 2. The molecule has 0 amide bonds. The first-order chi connectivity index (χ1) is 18.2. The lowest BCUT2D eigenvalue weighted by Gasteiger charge is -2.26. The molecule has 1 saturated carbocycles. The molecule has 9 nitrogen and oxygen atoms in total. The van der Waals surface area contributed by atoms with Crippen LogP contribution in [0.3, 0.4) is 0 Å². The van der Waals surface area contributed by atoms with Gasteiger partial charge < -0.3 is 11.1 Å². The van der Waals surface area contributed by atoms with Gasteiger partial charge in [0.25, 0.3) is 10.0 Å². The number of hydrogen-bond acceptors (Lipinski definition) is 8. The van der Waals surface area contributed by atoms with Crippen LogP contribution in [0.1, 0.15) is 43.9 Å². The predicted molar refractivity (Wildman–Crippen MR) is 146 cm³/mol. The minimum atomic E-state index is -4.13. The molecular weight excluding hydrogens is 505 g/mol. The Morgan fingerprint density at radius 3 is 2.53 bits per heavy atom. The van der Waals surface area contributed by atoms with Gasteiger partial charge in [-0.05, 0) is 74.9 Å². The van der Waals surface area contributed by atoms with Crippen LogP contribution in [0.5, 0.6) is 0 Å². The molecule has 0 radical (unpaired) electrons. The molecule has 0 unspecified atom stereocenters. The fourth-order valence-electron chi connectivity index (χ4n) is 4.76. The number of benzene rings is 1. The Kier molecular flexibility index (Phi) is 7.22. The predicted octanol–water partition coefficient (Wildman–Crippen LogP) is 4.58. The van der Waals surface area contributed by atoms with Crippen molar-refractivity contribution in [3.63, 3.8) is 0 Å². The Labute approximate surface area is 221 Å². The summed E-state index contributed by atoms with van der Waals surface area (Å²) in [6.45, 7) is 3.83. The minimum Gasteiger partial charge on any atom is -0.351 e. The molecular formula is C27H30FN7O2S. The van der Waals surface area contributed by atoms with E-state index in [1.54, 1.807) is 19.2 Å². The van der Waals surface area contributed by atoms with Gasteiger partial charge in [-0.3, -0.25) is 4.72 Å². The van der Waals surface area contributed by atoms with Gasteiger partial charge in [0.15, 0.2) is 0 Å². The lowest BCUT2D eigenvalue weighted by molar-refractivity contribution is 0.410. The molecule has 3 aromatic heterocycles. The highest BCUT2D eigenvalue weighted by Gasteiger charge is 2.21. The molecule has 38 heavy (non-hydrogen) atoms. The van der Waals surface area contributed by atoms with Gasteiger partial charge in [0.05, 0.1) is 17.4 Å². The smallest absolute Gasteiger partial charge is 0.265 e. The number of nitrogens with zero attached hydrogens (tertiary/aromatic N) is 4. The third-order valence-electron chi connectivity index (χ3n) is 6.84. The molecule has 0 atom stereocenters. The number of fused-ring (bicyclic) bond motifs is 1. The third-order valence-corrected chi connectivity index (χ3v) is 8.23. The number of aromatic nitrogens is 4. The molecule has 1 aliphatic carbocycles. The molecule has 4 aromatic rings. The number of nitrogens with two attached hydrogens (primary N) is 1. The maximum atomic E-state index is 14.0. The Bertz CT molecular complexity index is 1590. The number of aryl methyl sites for hydroxylation is 2. The van der Waals surface area contributed by atoms with Crippen LogP contribution in [0, 0.1) is 12.7 Å². The molecule has 3 heterocycles. The molecule has 5 rings (SSSR count). The minimum absolute atomic E-state index is 0.0914. The number of sulfonamides is 1. The summed E-state index contributed by atoms with van der Waals surface area (Å²) >= 11 is 0. The monoisotopic (exact) mass is 535 g/mol. The second kappa shape index (κ2) is 10.6. The van der Waals surface area contributed by atoms with Crippen LogP contribution in [0.2, 0.25) is 0 Å². The summed E-state index contributed by atoms with van der Waals surface area (Å²) in [5, 5.41) is 3.45. The molecule has 11 heteroatoms. The number of pyridine rings is 2. The highest BCUT2D eigenvalue weighted by molar-refractivity contribution is 7.92. The van der Waals surface area contributed by atoms with E-state index in [4.69, 9.17) is 15.7 Å². The Morgan fingerprint density at radius 1 is 1.05 bits per heavy atom. The maximum absolute atomic E-state index is 14.0. The first-order valence-corrected chi connectivity index (χ1v) is 14.2. The number of rotatable bonds is 7. The average Bonchev–Trinajstić information content (AvgIpc) is 2.89. The molecule has 0 aliphatic heterocycles. The Morgan fingerprint density at radius 2 is 1.82 bits per heavy atom. The first-order valence-electron chi connectivity index (χ1n) is 12.7. The number of nitrogens with one attached hydrogen (secondary N) is 2. The quantitative estimate of drug-likeness (QED) is 0.313. The van der Waals surface area contributed by atoms with Crippen molar-refractivity contribution < 1.29 is 12.8 Å². The second-order valence-corrected chi connectivity index (χ2v) is 11.2. The van der Waals surface area contributed by atoms with Gasteiger partial charge in [-0.15, -0.1) is 0 Å². The van der Waals surface area contributed by atoms with Crippen molar-refractivity contribution in [2.75, 3.05) is 10.0 Å². The van der Waals surface area contributed by atoms with E-state index < -0.39 is 20.7 Å². The van der Waals surface area contributed by atoms with Gasteiger partial charge in [0.2, 0.25) is 5.95 Å². The molecule has 1 aliphatic rings. The van der Waals surface area contributed by atoms with Crippen LogP contribution in [0.15, 0.2) is 53.6 Å². The number of hydrogen-bond donors (Lipinski definition) is 3. The lowest BCUT2D eigenvalue weighted by Crippen LogP contribution is -2.33.